The number of rotatable bonds is 3. The Morgan fingerprint density at radius 1 is 1.44 bits per heavy atom. The van der Waals surface area contributed by atoms with Crippen LogP contribution in [0.4, 0.5) is 0 Å². The van der Waals surface area contributed by atoms with Crippen molar-refractivity contribution in [1.29, 1.82) is 0 Å². The molecule has 1 aliphatic heterocycles. The van der Waals surface area contributed by atoms with E-state index >= 15 is 0 Å². The number of carbonyl (C=O) groups is 1. The second kappa shape index (κ2) is 5.50. The molecule has 2 rings (SSSR count). The van der Waals surface area contributed by atoms with Gasteiger partial charge in [0.1, 0.15) is 6.61 Å². The molecule has 98 valence electrons. The van der Waals surface area contributed by atoms with Crippen molar-refractivity contribution >= 4 is 5.91 Å². The molecule has 0 spiro atoms. The van der Waals surface area contributed by atoms with Gasteiger partial charge in [0.05, 0.1) is 19.3 Å². The van der Waals surface area contributed by atoms with Gasteiger partial charge in [-0.05, 0) is 25.0 Å². The molecular weight excluding hydrogens is 230 g/mol. The van der Waals surface area contributed by atoms with Crippen LogP contribution in [0.25, 0.3) is 0 Å². The fourth-order valence-electron chi connectivity index (χ4n) is 2.25. The third-order valence-electron chi connectivity index (χ3n) is 3.26. The molecule has 0 aromatic heterocycles. The van der Waals surface area contributed by atoms with Crippen molar-refractivity contribution in [3.05, 3.63) is 34.9 Å². The Bertz CT molecular complexity index is 445. The summed E-state index contributed by atoms with van der Waals surface area (Å²) in [6, 6.07) is 5.95. The Balaban J connectivity index is 2.06. The number of hydrogen-bond donors (Lipinski definition) is 1. The van der Waals surface area contributed by atoms with Crippen molar-refractivity contribution in [3.63, 3.8) is 0 Å². The molecule has 1 N–H and O–H groups in total. The lowest BCUT2D eigenvalue weighted by atomic mass is 10.0. The second-order valence-corrected chi connectivity index (χ2v) is 4.77. The summed E-state index contributed by atoms with van der Waals surface area (Å²) in [5.74, 6) is -0.0509. The van der Waals surface area contributed by atoms with Gasteiger partial charge in [-0.25, -0.2) is 0 Å². The number of aliphatic hydroxyl groups excluding tert-OH is 1. The lowest BCUT2D eigenvalue weighted by molar-refractivity contribution is -0.144. The SMILES string of the molecule is Cc1ccc(C(O)CN2CCOCC2=O)c(C)c1. The Kier molecular flexibility index (Phi) is 3.99. The first-order valence-corrected chi connectivity index (χ1v) is 6.18. The van der Waals surface area contributed by atoms with Gasteiger partial charge in [-0.3, -0.25) is 4.79 Å². The highest BCUT2D eigenvalue weighted by Gasteiger charge is 2.22. The van der Waals surface area contributed by atoms with E-state index in [-0.39, 0.29) is 12.5 Å². The van der Waals surface area contributed by atoms with E-state index in [0.717, 1.165) is 11.1 Å². The van der Waals surface area contributed by atoms with Gasteiger partial charge in [0.25, 0.3) is 0 Å². The Hall–Kier alpha value is -1.39. The topological polar surface area (TPSA) is 49.8 Å². The van der Waals surface area contributed by atoms with E-state index in [1.54, 1.807) is 4.90 Å². The number of β-amino-alcohol motifs (C(OH)–C–C–N with tert-alkyl or cyclic N) is 1. The van der Waals surface area contributed by atoms with Crippen molar-refractivity contribution in [2.24, 2.45) is 0 Å². The maximum atomic E-state index is 11.6. The lowest BCUT2D eigenvalue weighted by Crippen LogP contribution is -2.43. The largest absolute Gasteiger partial charge is 0.387 e. The minimum atomic E-state index is -0.632. The number of benzene rings is 1. The van der Waals surface area contributed by atoms with E-state index in [2.05, 4.69) is 0 Å². The molecule has 1 saturated heterocycles. The van der Waals surface area contributed by atoms with Gasteiger partial charge in [-0.2, -0.15) is 0 Å². The van der Waals surface area contributed by atoms with Gasteiger partial charge in [0.15, 0.2) is 0 Å². The highest BCUT2D eigenvalue weighted by Crippen LogP contribution is 2.20. The number of aliphatic hydroxyl groups is 1. The van der Waals surface area contributed by atoms with Gasteiger partial charge in [-0.15, -0.1) is 0 Å². The van der Waals surface area contributed by atoms with Crippen LogP contribution in [0.2, 0.25) is 0 Å². The number of morpholine rings is 1. The van der Waals surface area contributed by atoms with E-state index in [1.165, 1.54) is 5.56 Å². The van der Waals surface area contributed by atoms with E-state index in [0.29, 0.717) is 19.7 Å². The van der Waals surface area contributed by atoms with Crippen LogP contribution in [0.3, 0.4) is 0 Å². The van der Waals surface area contributed by atoms with E-state index in [1.807, 2.05) is 32.0 Å². The third-order valence-corrected chi connectivity index (χ3v) is 3.26. The predicted molar refractivity (Wildman–Crippen MR) is 68.3 cm³/mol. The van der Waals surface area contributed by atoms with Gasteiger partial charge in [0.2, 0.25) is 5.91 Å². The van der Waals surface area contributed by atoms with Crippen LogP contribution in [0, 0.1) is 13.8 Å². The van der Waals surface area contributed by atoms with Crippen LogP contribution in [0.15, 0.2) is 18.2 Å². The predicted octanol–water partition coefficient (Wildman–Crippen LogP) is 1.20. The Morgan fingerprint density at radius 2 is 2.22 bits per heavy atom. The van der Waals surface area contributed by atoms with E-state index in [4.69, 9.17) is 4.74 Å². The molecule has 18 heavy (non-hydrogen) atoms. The molecular formula is C14H19NO3. The monoisotopic (exact) mass is 249 g/mol. The first-order valence-electron chi connectivity index (χ1n) is 6.18. The summed E-state index contributed by atoms with van der Waals surface area (Å²) in [5.41, 5.74) is 3.12. The fourth-order valence-corrected chi connectivity index (χ4v) is 2.25. The van der Waals surface area contributed by atoms with Crippen LogP contribution >= 0.6 is 0 Å². The number of carbonyl (C=O) groups excluding carboxylic acids is 1. The molecule has 0 radical (unpaired) electrons. The highest BCUT2D eigenvalue weighted by molar-refractivity contribution is 5.78. The molecule has 0 aliphatic carbocycles. The average molecular weight is 249 g/mol. The zero-order valence-corrected chi connectivity index (χ0v) is 10.8. The van der Waals surface area contributed by atoms with Crippen molar-refractivity contribution in [3.8, 4) is 0 Å². The number of nitrogens with zero attached hydrogens (tertiary/aromatic N) is 1. The summed E-state index contributed by atoms with van der Waals surface area (Å²) in [7, 11) is 0. The Labute approximate surface area is 107 Å². The van der Waals surface area contributed by atoms with Crippen molar-refractivity contribution in [2.45, 2.75) is 20.0 Å². The van der Waals surface area contributed by atoms with Gasteiger partial charge in [-0.1, -0.05) is 23.8 Å². The van der Waals surface area contributed by atoms with Gasteiger partial charge in [0, 0.05) is 6.54 Å². The standard InChI is InChI=1S/C14H19NO3/c1-10-3-4-12(11(2)7-10)13(16)8-15-5-6-18-9-14(15)17/h3-4,7,13,16H,5-6,8-9H2,1-2H3. The van der Waals surface area contributed by atoms with Crippen molar-refractivity contribution in [2.75, 3.05) is 26.3 Å². The van der Waals surface area contributed by atoms with Crippen LogP contribution in [0.1, 0.15) is 22.8 Å². The third kappa shape index (κ3) is 2.89. The molecule has 1 heterocycles. The number of hydrogen-bond acceptors (Lipinski definition) is 3. The molecule has 0 saturated carbocycles. The normalized spacial score (nSPS) is 17.9. The maximum Gasteiger partial charge on any atom is 0.248 e. The van der Waals surface area contributed by atoms with Gasteiger partial charge < -0.3 is 14.7 Å². The van der Waals surface area contributed by atoms with Crippen LogP contribution < -0.4 is 0 Å². The molecule has 1 unspecified atom stereocenters. The fraction of sp³-hybridized carbons (Fsp3) is 0.500. The molecule has 1 aromatic rings. The van der Waals surface area contributed by atoms with Gasteiger partial charge >= 0.3 is 0 Å². The van der Waals surface area contributed by atoms with Crippen LogP contribution in [-0.2, 0) is 9.53 Å². The molecule has 4 heteroatoms. The summed E-state index contributed by atoms with van der Waals surface area (Å²) in [4.78, 5) is 13.3. The smallest absolute Gasteiger partial charge is 0.248 e. The first kappa shape index (κ1) is 13.1. The zero-order valence-electron chi connectivity index (χ0n) is 10.8. The summed E-state index contributed by atoms with van der Waals surface area (Å²) < 4.78 is 5.07. The number of amides is 1. The molecule has 1 amide bonds. The minimum Gasteiger partial charge on any atom is -0.387 e. The Morgan fingerprint density at radius 3 is 2.89 bits per heavy atom. The summed E-state index contributed by atoms with van der Waals surface area (Å²) in [6.45, 7) is 5.57. The highest BCUT2D eigenvalue weighted by atomic mass is 16.5. The summed E-state index contributed by atoms with van der Waals surface area (Å²) in [5, 5.41) is 10.2. The van der Waals surface area contributed by atoms with Crippen molar-refractivity contribution in [1.82, 2.24) is 4.90 Å². The molecule has 1 atom stereocenters. The zero-order chi connectivity index (χ0) is 13.1. The molecule has 1 aliphatic rings. The molecule has 1 fully saturated rings. The average Bonchev–Trinajstić information content (AvgIpc) is 2.32. The van der Waals surface area contributed by atoms with Crippen LogP contribution in [0.5, 0.6) is 0 Å². The summed E-state index contributed by atoms with van der Waals surface area (Å²) >= 11 is 0. The van der Waals surface area contributed by atoms with Crippen LogP contribution in [-0.4, -0.2) is 42.2 Å². The minimum absolute atomic E-state index is 0.0509. The molecule has 4 nitrogen and oxygen atoms in total. The summed E-state index contributed by atoms with van der Waals surface area (Å²) in [6.07, 6.45) is -0.632. The first-order chi connectivity index (χ1) is 8.58. The van der Waals surface area contributed by atoms with Crippen molar-refractivity contribution < 1.29 is 14.6 Å². The number of aryl methyl sites for hydroxylation is 2. The van der Waals surface area contributed by atoms with E-state index < -0.39 is 6.10 Å². The second-order valence-electron chi connectivity index (χ2n) is 4.77. The molecule has 1 aromatic carbocycles. The maximum absolute atomic E-state index is 11.6. The number of ether oxygens (including phenoxy) is 1. The lowest BCUT2D eigenvalue weighted by Gasteiger charge is -2.29. The van der Waals surface area contributed by atoms with E-state index in [9.17, 15) is 9.90 Å². The quantitative estimate of drug-likeness (QED) is 0.875. The molecule has 0 bridgehead atoms.